The Kier molecular flexibility index (Phi) is 8.32. The molecule has 202 valence electrons. The van der Waals surface area contributed by atoms with Gasteiger partial charge in [-0.05, 0) is 16.7 Å². The molecule has 0 radical (unpaired) electrons. The highest BCUT2D eigenvalue weighted by Crippen LogP contribution is 2.36. The summed E-state index contributed by atoms with van der Waals surface area (Å²) in [6.07, 6.45) is -2.66. The number of hydrogen-bond donors (Lipinski definition) is 6. The number of benzene rings is 3. The van der Waals surface area contributed by atoms with E-state index in [4.69, 9.17) is 5.73 Å². The first kappa shape index (κ1) is 27.0. The van der Waals surface area contributed by atoms with Crippen LogP contribution in [0.1, 0.15) is 16.7 Å². The third-order valence-corrected chi connectivity index (χ3v) is 6.47. The largest absolute Gasteiger partial charge is 0.465 e. The summed E-state index contributed by atoms with van der Waals surface area (Å²) in [6.45, 7) is 0.460. The van der Waals surface area contributed by atoms with Crippen LogP contribution in [0, 0.1) is 0 Å². The average molecular weight is 530 g/mol. The molecule has 4 rings (SSSR count). The zero-order valence-electron chi connectivity index (χ0n) is 21.4. The maximum absolute atomic E-state index is 11.6. The van der Waals surface area contributed by atoms with Crippen LogP contribution in [0.4, 0.5) is 21.1 Å². The normalized spacial score (nSPS) is 11.2. The van der Waals surface area contributed by atoms with Crippen LogP contribution in [0.2, 0.25) is 0 Å². The minimum absolute atomic E-state index is 0.162. The predicted molar refractivity (Wildman–Crippen MR) is 148 cm³/mol. The van der Waals surface area contributed by atoms with Crippen LogP contribution >= 0.6 is 0 Å². The first-order valence-electron chi connectivity index (χ1n) is 12.3. The third kappa shape index (κ3) is 5.94. The minimum atomic E-state index is -1.40. The zero-order chi connectivity index (χ0) is 27.8. The fraction of sp³-hybridized carbons (Fsp3) is 0.179. The van der Waals surface area contributed by atoms with E-state index in [1.54, 1.807) is 7.05 Å². The molecule has 11 heteroatoms. The zero-order valence-corrected chi connectivity index (χ0v) is 21.4. The molecule has 0 saturated carbocycles. The number of nitrogens with zero attached hydrogens (tertiary/aromatic N) is 3. The molecule has 2 amide bonds. The van der Waals surface area contributed by atoms with Gasteiger partial charge in [-0.3, -0.25) is 20.6 Å². The first-order chi connectivity index (χ1) is 18.8. The van der Waals surface area contributed by atoms with Crippen LogP contribution in [0.5, 0.6) is 0 Å². The van der Waals surface area contributed by atoms with E-state index in [0.29, 0.717) is 12.2 Å². The molecule has 1 heterocycles. The number of aryl methyl sites for hydroxylation is 1. The second-order valence-electron chi connectivity index (χ2n) is 8.81. The van der Waals surface area contributed by atoms with Gasteiger partial charge in [0.2, 0.25) is 0 Å². The molecule has 7 N–H and O–H groups in total. The van der Waals surface area contributed by atoms with Crippen molar-refractivity contribution >= 4 is 23.7 Å². The number of hydrogen-bond acceptors (Lipinski definition) is 6. The predicted octanol–water partition coefficient (Wildman–Crippen LogP) is 3.21. The molecule has 0 fully saturated rings. The molecule has 0 aliphatic rings. The van der Waals surface area contributed by atoms with E-state index in [1.165, 1.54) is 15.8 Å². The summed E-state index contributed by atoms with van der Waals surface area (Å²) in [5.41, 5.74) is 8.82. The molecule has 0 spiro atoms. The van der Waals surface area contributed by atoms with Crippen LogP contribution in [-0.2, 0) is 12.6 Å². The topological polar surface area (TPSA) is 158 Å². The standard InChI is InChI=1S/C28H31N7O4/c1-34-24(29)23(19-31-34)35(25(32-26(36)37)33-27(38)39)18-17-30-28(20-11-5-2-6-12-20,21-13-7-3-8-14-21)22-15-9-4-10-16-22/h2-16,19,25,30,32-33H,17-18,29H2,1H3,(H,36,37)(H,38,39). The van der Waals surface area contributed by atoms with Gasteiger partial charge < -0.3 is 20.8 Å². The van der Waals surface area contributed by atoms with E-state index in [0.717, 1.165) is 16.7 Å². The van der Waals surface area contributed by atoms with Gasteiger partial charge in [0.1, 0.15) is 11.5 Å². The summed E-state index contributed by atoms with van der Waals surface area (Å²) >= 11 is 0. The van der Waals surface area contributed by atoms with Crippen molar-refractivity contribution in [2.24, 2.45) is 7.05 Å². The summed E-state index contributed by atoms with van der Waals surface area (Å²) in [4.78, 5) is 24.7. The molecule has 11 nitrogen and oxygen atoms in total. The SMILES string of the molecule is Cn1ncc(N(CCNC(c2ccccc2)(c2ccccc2)c2ccccc2)C(NC(=O)O)NC(=O)O)c1N. The molecule has 1 aromatic heterocycles. The number of nitrogens with one attached hydrogen (secondary N) is 3. The molecular weight excluding hydrogens is 498 g/mol. The summed E-state index contributed by atoms with van der Waals surface area (Å²) in [6, 6.07) is 30.0. The molecule has 0 aliphatic heterocycles. The van der Waals surface area contributed by atoms with E-state index in [1.807, 2.05) is 91.0 Å². The third-order valence-electron chi connectivity index (χ3n) is 6.47. The van der Waals surface area contributed by atoms with Crippen LogP contribution in [0.25, 0.3) is 0 Å². The Labute approximate surface area is 225 Å². The minimum Gasteiger partial charge on any atom is -0.465 e. The molecule has 0 bridgehead atoms. The Hall–Kier alpha value is -5.03. The van der Waals surface area contributed by atoms with Crippen molar-refractivity contribution in [3.8, 4) is 0 Å². The van der Waals surface area contributed by atoms with Gasteiger partial charge in [-0.2, -0.15) is 5.10 Å². The summed E-state index contributed by atoms with van der Waals surface area (Å²) in [5, 5.41) is 31.2. The highest BCUT2D eigenvalue weighted by Gasteiger charge is 2.36. The van der Waals surface area contributed by atoms with Gasteiger partial charge >= 0.3 is 12.2 Å². The highest BCUT2D eigenvalue weighted by molar-refractivity contribution is 5.71. The lowest BCUT2D eigenvalue weighted by Gasteiger charge is -2.39. The molecular formula is C28H31N7O4. The monoisotopic (exact) mass is 529 g/mol. The molecule has 0 unspecified atom stereocenters. The smallest absolute Gasteiger partial charge is 0.407 e. The molecule has 0 saturated heterocycles. The van der Waals surface area contributed by atoms with Gasteiger partial charge in [-0.25, -0.2) is 9.59 Å². The van der Waals surface area contributed by atoms with Crippen LogP contribution in [0.15, 0.2) is 97.2 Å². The number of amides is 2. The first-order valence-corrected chi connectivity index (χ1v) is 12.3. The molecule has 39 heavy (non-hydrogen) atoms. The van der Waals surface area contributed by atoms with Crippen LogP contribution < -0.4 is 26.6 Å². The number of nitrogens with two attached hydrogens (primary N) is 1. The van der Waals surface area contributed by atoms with E-state index in [2.05, 4.69) is 21.0 Å². The van der Waals surface area contributed by atoms with Crippen molar-refractivity contribution in [1.82, 2.24) is 25.7 Å². The molecule has 3 aromatic carbocycles. The van der Waals surface area contributed by atoms with Crippen molar-refractivity contribution in [2.75, 3.05) is 23.7 Å². The second-order valence-corrected chi connectivity index (χ2v) is 8.81. The second kappa shape index (κ2) is 12.0. The van der Waals surface area contributed by atoms with Crippen molar-refractivity contribution in [3.63, 3.8) is 0 Å². The van der Waals surface area contributed by atoms with Crippen molar-refractivity contribution in [2.45, 2.75) is 11.8 Å². The van der Waals surface area contributed by atoms with Gasteiger partial charge in [0.25, 0.3) is 0 Å². The molecule has 0 atom stereocenters. The molecule has 0 aliphatic carbocycles. The Bertz CT molecular complexity index is 1270. The van der Waals surface area contributed by atoms with Crippen molar-refractivity contribution < 1.29 is 19.8 Å². The fourth-order valence-electron chi connectivity index (χ4n) is 4.71. The Morgan fingerprint density at radius 3 is 1.67 bits per heavy atom. The fourth-order valence-corrected chi connectivity index (χ4v) is 4.71. The Balaban J connectivity index is 1.76. The number of rotatable bonds is 11. The van der Waals surface area contributed by atoms with E-state index >= 15 is 0 Å². The van der Waals surface area contributed by atoms with E-state index in [9.17, 15) is 19.8 Å². The lowest BCUT2D eigenvalue weighted by molar-refractivity contribution is 0.175. The van der Waals surface area contributed by atoms with Gasteiger partial charge in [0, 0.05) is 20.1 Å². The quantitative estimate of drug-likeness (QED) is 0.128. The number of anilines is 2. The van der Waals surface area contributed by atoms with Crippen molar-refractivity contribution in [1.29, 1.82) is 0 Å². The number of carbonyl (C=O) groups is 2. The summed E-state index contributed by atoms with van der Waals surface area (Å²) in [7, 11) is 1.64. The maximum atomic E-state index is 11.6. The Morgan fingerprint density at radius 1 is 0.872 bits per heavy atom. The molecule has 4 aromatic rings. The van der Waals surface area contributed by atoms with Crippen LogP contribution in [0.3, 0.4) is 0 Å². The summed E-state index contributed by atoms with van der Waals surface area (Å²) in [5.74, 6) is 0.250. The van der Waals surface area contributed by atoms with E-state index < -0.39 is 24.0 Å². The average Bonchev–Trinajstić information content (AvgIpc) is 3.27. The summed E-state index contributed by atoms with van der Waals surface area (Å²) < 4.78 is 1.43. The van der Waals surface area contributed by atoms with Gasteiger partial charge in [0.15, 0.2) is 6.29 Å². The number of nitrogen functional groups attached to an aromatic ring is 1. The van der Waals surface area contributed by atoms with Gasteiger partial charge in [-0.1, -0.05) is 91.0 Å². The maximum Gasteiger partial charge on any atom is 0.407 e. The highest BCUT2D eigenvalue weighted by atomic mass is 16.4. The lowest BCUT2D eigenvalue weighted by atomic mass is 9.77. The van der Waals surface area contributed by atoms with Crippen LogP contribution in [-0.4, -0.2) is 51.6 Å². The van der Waals surface area contributed by atoms with E-state index in [-0.39, 0.29) is 12.4 Å². The lowest BCUT2D eigenvalue weighted by Crippen LogP contribution is -2.60. The number of aromatic nitrogens is 2. The number of carboxylic acid groups (broad SMARTS) is 2. The van der Waals surface area contributed by atoms with Gasteiger partial charge in [-0.15, -0.1) is 0 Å². The Morgan fingerprint density at radius 2 is 1.31 bits per heavy atom. The van der Waals surface area contributed by atoms with Gasteiger partial charge in [0.05, 0.1) is 11.7 Å². The van der Waals surface area contributed by atoms with Crippen molar-refractivity contribution in [3.05, 3.63) is 114 Å².